The van der Waals surface area contributed by atoms with Crippen molar-refractivity contribution in [2.75, 3.05) is 0 Å². The Labute approximate surface area is 102 Å². The van der Waals surface area contributed by atoms with Crippen LogP contribution in [0, 0.1) is 0 Å². The molecular formula is C14H19NO2. The first-order valence-electron chi connectivity index (χ1n) is 6.28. The second-order valence-electron chi connectivity index (χ2n) is 4.64. The SMILES string of the molecule is CCc1ccc(C2CCCC(C(=O)O)N2)cc1. The summed E-state index contributed by atoms with van der Waals surface area (Å²) in [7, 11) is 0. The van der Waals surface area contributed by atoms with Gasteiger partial charge in [0.15, 0.2) is 0 Å². The maximum Gasteiger partial charge on any atom is 0.320 e. The molecule has 1 fully saturated rings. The van der Waals surface area contributed by atoms with E-state index in [2.05, 4.69) is 36.5 Å². The van der Waals surface area contributed by atoms with Gasteiger partial charge in [-0.15, -0.1) is 0 Å². The van der Waals surface area contributed by atoms with Crippen LogP contribution in [-0.4, -0.2) is 17.1 Å². The molecule has 3 heteroatoms. The molecule has 0 aromatic heterocycles. The highest BCUT2D eigenvalue weighted by atomic mass is 16.4. The number of aliphatic carboxylic acids is 1. The monoisotopic (exact) mass is 233 g/mol. The van der Waals surface area contributed by atoms with Crippen molar-refractivity contribution < 1.29 is 9.90 Å². The second kappa shape index (κ2) is 5.32. The molecule has 3 nitrogen and oxygen atoms in total. The van der Waals surface area contributed by atoms with E-state index in [0.717, 1.165) is 25.7 Å². The van der Waals surface area contributed by atoms with Crippen molar-refractivity contribution in [3.8, 4) is 0 Å². The summed E-state index contributed by atoms with van der Waals surface area (Å²) in [5.41, 5.74) is 2.52. The number of nitrogens with one attached hydrogen (secondary N) is 1. The molecule has 17 heavy (non-hydrogen) atoms. The van der Waals surface area contributed by atoms with Gasteiger partial charge >= 0.3 is 5.97 Å². The molecule has 0 spiro atoms. The van der Waals surface area contributed by atoms with Crippen LogP contribution in [0.5, 0.6) is 0 Å². The predicted octanol–water partition coefficient (Wildman–Crippen LogP) is 2.52. The van der Waals surface area contributed by atoms with Gasteiger partial charge in [0.05, 0.1) is 0 Å². The lowest BCUT2D eigenvalue weighted by Gasteiger charge is -2.29. The Hall–Kier alpha value is -1.35. The normalized spacial score (nSPS) is 24.5. The maximum atomic E-state index is 11.0. The zero-order valence-corrected chi connectivity index (χ0v) is 10.1. The summed E-state index contributed by atoms with van der Waals surface area (Å²) in [5.74, 6) is -0.736. The van der Waals surface area contributed by atoms with Gasteiger partial charge in [-0.3, -0.25) is 10.1 Å². The van der Waals surface area contributed by atoms with Gasteiger partial charge in [0.2, 0.25) is 0 Å². The summed E-state index contributed by atoms with van der Waals surface area (Å²) in [4.78, 5) is 11.0. The number of piperidine rings is 1. The highest BCUT2D eigenvalue weighted by molar-refractivity contribution is 5.73. The van der Waals surface area contributed by atoms with E-state index in [1.165, 1.54) is 11.1 Å². The van der Waals surface area contributed by atoms with Gasteiger partial charge in [0.25, 0.3) is 0 Å². The summed E-state index contributed by atoms with van der Waals surface area (Å²) in [6.45, 7) is 2.13. The highest BCUT2D eigenvalue weighted by Crippen LogP contribution is 2.25. The predicted molar refractivity (Wildman–Crippen MR) is 67.0 cm³/mol. The fourth-order valence-electron chi connectivity index (χ4n) is 2.38. The standard InChI is InChI=1S/C14H19NO2/c1-2-10-6-8-11(9-7-10)12-4-3-5-13(15-12)14(16)17/h6-9,12-13,15H,2-5H2,1H3,(H,16,17). The first-order chi connectivity index (χ1) is 8.20. The van der Waals surface area contributed by atoms with E-state index in [9.17, 15) is 4.79 Å². The number of hydrogen-bond donors (Lipinski definition) is 2. The van der Waals surface area contributed by atoms with Crippen molar-refractivity contribution in [2.45, 2.75) is 44.7 Å². The van der Waals surface area contributed by atoms with Crippen LogP contribution in [0.4, 0.5) is 0 Å². The molecule has 2 unspecified atom stereocenters. The third kappa shape index (κ3) is 2.86. The molecule has 0 bridgehead atoms. The Balaban J connectivity index is 2.08. The minimum Gasteiger partial charge on any atom is -0.480 e. The summed E-state index contributed by atoms with van der Waals surface area (Å²) in [6.07, 6.45) is 3.77. The fourth-order valence-corrected chi connectivity index (χ4v) is 2.38. The van der Waals surface area contributed by atoms with E-state index in [4.69, 9.17) is 5.11 Å². The molecular weight excluding hydrogens is 214 g/mol. The average molecular weight is 233 g/mol. The molecule has 0 radical (unpaired) electrons. The van der Waals surface area contributed by atoms with Crippen LogP contribution >= 0.6 is 0 Å². The molecule has 2 atom stereocenters. The van der Waals surface area contributed by atoms with Crippen LogP contribution in [0.3, 0.4) is 0 Å². The molecule has 1 aromatic carbocycles. The molecule has 1 aromatic rings. The van der Waals surface area contributed by atoms with Crippen molar-refractivity contribution in [3.63, 3.8) is 0 Å². The lowest BCUT2D eigenvalue weighted by molar-refractivity contribution is -0.140. The molecule has 1 aliphatic rings. The Kier molecular flexibility index (Phi) is 3.79. The zero-order valence-electron chi connectivity index (χ0n) is 10.1. The molecule has 1 aliphatic heterocycles. The lowest BCUT2D eigenvalue weighted by atomic mass is 9.93. The molecule has 1 saturated heterocycles. The number of rotatable bonds is 3. The fraction of sp³-hybridized carbons (Fsp3) is 0.500. The van der Waals surface area contributed by atoms with E-state index >= 15 is 0 Å². The number of hydrogen-bond acceptors (Lipinski definition) is 2. The molecule has 0 aliphatic carbocycles. The number of carboxylic acids is 1. The third-order valence-corrected chi connectivity index (χ3v) is 3.48. The van der Waals surface area contributed by atoms with Gasteiger partial charge in [-0.05, 0) is 36.8 Å². The van der Waals surface area contributed by atoms with Gasteiger partial charge in [-0.1, -0.05) is 31.2 Å². The van der Waals surface area contributed by atoms with E-state index < -0.39 is 5.97 Å². The van der Waals surface area contributed by atoms with Crippen LogP contribution in [0.1, 0.15) is 43.4 Å². The Morgan fingerprint density at radius 2 is 2.06 bits per heavy atom. The van der Waals surface area contributed by atoms with E-state index in [0.29, 0.717) is 0 Å². The molecule has 1 heterocycles. The molecule has 2 rings (SSSR count). The zero-order chi connectivity index (χ0) is 12.3. The van der Waals surface area contributed by atoms with E-state index in [1.807, 2.05) is 0 Å². The van der Waals surface area contributed by atoms with E-state index in [-0.39, 0.29) is 12.1 Å². The first kappa shape index (κ1) is 12.1. The summed E-state index contributed by atoms with van der Waals surface area (Å²) < 4.78 is 0. The number of aryl methyl sites for hydroxylation is 1. The quantitative estimate of drug-likeness (QED) is 0.843. The minimum atomic E-state index is -0.736. The smallest absolute Gasteiger partial charge is 0.320 e. The lowest BCUT2D eigenvalue weighted by Crippen LogP contribution is -2.42. The summed E-state index contributed by atoms with van der Waals surface area (Å²) in [6, 6.07) is 8.28. The maximum absolute atomic E-state index is 11.0. The third-order valence-electron chi connectivity index (χ3n) is 3.48. The molecule has 0 saturated carbocycles. The van der Waals surface area contributed by atoms with Crippen molar-refractivity contribution >= 4 is 5.97 Å². The van der Waals surface area contributed by atoms with Crippen molar-refractivity contribution in [1.82, 2.24) is 5.32 Å². The minimum absolute atomic E-state index is 0.191. The average Bonchev–Trinajstić information content (AvgIpc) is 2.39. The molecule has 0 amide bonds. The topological polar surface area (TPSA) is 49.3 Å². The van der Waals surface area contributed by atoms with Gasteiger partial charge < -0.3 is 5.11 Å². The van der Waals surface area contributed by atoms with Crippen molar-refractivity contribution in [3.05, 3.63) is 35.4 Å². The van der Waals surface area contributed by atoms with E-state index in [1.54, 1.807) is 0 Å². The molecule has 2 N–H and O–H groups in total. The van der Waals surface area contributed by atoms with Gasteiger partial charge in [0.1, 0.15) is 6.04 Å². The number of carboxylic acid groups (broad SMARTS) is 1. The summed E-state index contributed by atoms with van der Waals surface area (Å²) >= 11 is 0. The van der Waals surface area contributed by atoms with Crippen LogP contribution in [0.25, 0.3) is 0 Å². The Bertz CT molecular complexity index is 386. The first-order valence-corrected chi connectivity index (χ1v) is 6.28. The highest BCUT2D eigenvalue weighted by Gasteiger charge is 2.26. The number of benzene rings is 1. The van der Waals surface area contributed by atoms with Gasteiger partial charge in [-0.2, -0.15) is 0 Å². The Morgan fingerprint density at radius 1 is 1.35 bits per heavy atom. The summed E-state index contributed by atoms with van der Waals surface area (Å²) in [5, 5.41) is 12.2. The van der Waals surface area contributed by atoms with Crippen LogP contribution < -0.4 is 5.32 Å². The van der Waals surface area contributed by atoms with Crippen molar-refractivity contribution in [2.24, 2.45) is 0 Å². The largest absolute Gasteiger partial charge is 0.480 e. The van der Waals surface area contributed by atoms with Crippen LogP contribution in [-0.2, 0) is 11.2 Å². The molecule has 92 valence electrons. The Morgan fingerprint density at radius 3 is 2.65 bits per heavy atom. The van der Waals surface area contributed by atoms with Gasteiger partial charge in [0, 0.05) is 6.04 Å². The second-order valence-corrected chi connectivity index (χ2v) is 4.64. The van der Waals surface area contributed by atoms with Crippen LogP contribution in [0.15, 0.2) is 24.3 Å². The van der Waals surface area contributed by atoms with Crippen molar-refractivity contribution in [1.29, 1.82) is 0 Å². The van der Waals surface area contributed by atoms with Crippen LogP contribution in [0.2, 0.25) is 0 Å². The van der Waals surface area contributed by atoms with Gasteiger partial charge in [-0.25, -0.2) is 0 Å². The number of carbonyl (C=O) groups is 1.